The molecule has 1 amide bonds. The number of aromatic amines is 1. The van der Waals surface area contributed by atoms with Crippen LogP contribution in [0.5, 0.6) is 0 Å². The maximum Gasteiger partial charge on any atom is 0.254 e. The molecule has 0 unspecified atom stereocenters. The molecule has 0 atom stereocenters. The molecule has 1 aromatic heterocycles. The molecule has 34 heavy (non-hydrogen) atoms. The van der Waals surface area contributed by atoms with Crippen LogP contribution in [-0.2, 0) is 12.8 Å². The van der Waals surface area contributed by atoms with Gasteiger partial charge in [0.05, 0.1) is 0 Å². The molecular formula is C29H36N4O. The van der Waals surface area contributed by atoms with Crippen LogP contribution in [0.15, 0.2) is 36.4 Å². The first-order valence-corrected chi connectivity index (χ1v) is 13.0. The normalized spacial score (nSPS) is 17.1. The predicted molar refractivity (Wildman–Crippen MR) is 136 cm³/mol. The summed E-state index contributed by atoms with van der Waals surface area (Å²) >= 11 is 0. The number of aryl methyl sites for hydroxylation is 3. The number of piperidine rings is 1. The van der Waals surface area contributed by atoms with E-state index in [0.717, 1.165) is 67.1 Å². The second kappa shape index (κ2) is 9.73. The highest BCUT2D eigenvalue weighted by atomic mass is 16.2. The van der Waals surface area contributed by atoms with E-state index in [-0.39, 0.29) is 5.91 Å². The van der Waals surface area contributed by atoms with Crippen molar-refractivity contribution in [1.29, 1.82) is 0 Å². The zero-order valence-electron chi connectivity index (χ0n) is 20.7. The Morgan fingerprint density at radius 3 is 2.32 bits per heavy atom. The van der Waals surface area contributed by atoms with Crippen molar-refractivity contribution < 1.29 is 4.79 Å². The van der Waals surface area contributed by atoms with Crippen LogP contribution < -0.4 is 0 Å². The lowest BCUT2D eigenvalue weighted by atomic mass is 9.76. The van der Waals surface area contributed by atoms with Crippen molar-refractivity contribution >= 4 is 5.91 Å². The van der Waals surface area contributed by atoms with Crippen molar-refractivity contribution in [3.05, 3.63) is 70.0 Å². The highest BCUT2D eigenvalue weighted by molar-refractivity contribution is 5.97. The lowest BCUT2D eigenvalue weighted by Gasteiger charge is -2.33. The first kappa shape index (κ1) is 22.8. The predicted octanol–water partition coefficient (Wildman–Crippen LogP) is 6.19. The zero-order chi connectivity index (χ0) is 23.7. The summed E-state index contributed by atoms with van der Waals surface area (Å²) in [6.07, 6.45) is 7.40. The highest BCUT2D eigenvalue weighted by Gasteiger charge is 2.29. The average molecular weight is 457 g/mol. The van der Waals surface area contributed by atoms with Gasteiger partial charge in [0.1, 0.15) is 5.82 Å². The summed E-state index contributed by atoms with van der Waals surface area (Å²) in [7, 11) is 0. The Balaban J connectivity index is 1.41. The molecule has 0 spiro atoms. The second-order valence-corrected chi connectivity index (χ2v) is 10.0. The van der Waals surface area contributed by atoms with E-state index in [0.29, 0.717) is 11.8 Å². The number of hydrogen-bond acceptors (Lipinski definition) is 3. The highest BCUT2D eigenvalue weighted by Crippen LogP contribution is 2.42. The lowest BCUT2D eigenvalue weighted by Crippen LogP contribution is -2.38. The SMILES string of the molecule is CCc1nc(-c2cc(C(=O)N3CCC(c4ccc(C)cc4)CC3)c(CC)cc2C2CCC2)n[nH]1. The van der Waals surface area contributed by atoms with Gasteiger partial charge in [-0.3, -0.25) is 9.89 Å². The number of amides is 1. The number of aromatic nitrogens is 3. The fraction of sp³-hybridized carbons (Fsp3) is 0.483. The third-order valence-corrected chi connectivity index (χ3v) is 7.87. The number of H-pyrrole nitrogens is 1. The van der Waals surface area contributed by atoms with Crippen molar-refractivity contribution in [2.75, 3.05) is 13.1 Å². The number of hydrogen-bond donors (Lipinski definition) is 1. The number of carbonyl (C=O) groups is 1. The Morgan fingerprint density at radius 2 is 1.74 bits per heavy atom. The van der Waals surface area contributed by atoms with E-state index < -0.39 is 0 Å². The molecule has 0 bridgehead atoms. The Labute approximate surface area is 203 Å². The van der Waals surface area contributed by atoms with E-state index in [1.807, 2.05) is 0 Å². The summed E-state index contributed by atoms with van der Waals surface area (Å²) < 4.78 is 0. The summed E-state index contributed by atoms with van der Waals surface area (Å²) in [5.74, 6) is 2.87. The number of carbonyl (C=O) groups excluding carboxylic acids is 1. The summed E-state index contributed by atoms with van der Waals surface area (Å²) in [5.41, 5.74) is 7.03. The van der Waals surface area contributed by atoms with Crippen LogP contribution in [0.25, 0.3) is 11.4 Å². The smallest absolute Gasteiger partial charge is 0.254 e. The van der Waals surface area contributed by atoms with E-state index in [1.165, 1.54) is 36.0 Å². The molecular weight excluding hydrogens is 420 g/mol. The molecule has 1 N–H and O–H groups in total. The van der Waals surface area contributed by atoms with E-state index in [9.17, 15) is 4.79 Å². The molecule has 1 aliphatic heterocycles. The molecule has 1 saturated heterocycles. The Morgan fingerprint density at radius 1 is 1.00 bits per heavy atom. The van der Waals surface area contributed by atoms with Gasteiger partial charge < -0.3 is 4.90 Å². The summed E-state index contributed by atoms with van der Waals surface area (Å²) in [5, 5.41) is 7.58. The van der Waals surface area contributed by atoms with Crippen LogP contribution in [0.4, 0.5) is 0 Å². The average Bonchev–Trinajstić information content (AvgIpc) is 3.32. The molecule has 2 heterocycles. The molecule has 5 nitrogen and oxygen atoms in total. The Kier molecular flexibility index (Phi) is 6.53. The van der Waals surface area contributed by atoms with Crippen molar-refractivity contribution in [2.24, 2.45) is 0 Å². The molecule has 5 heteroatoms. The quantitative estimate of drug-likeness (QED) is 0.481. The molecule has 0 radical (unpaired) electrons. The number of nitrogens with one attached hydrogen (secondary N) is 1. The minimum atomic E-state index is 0.159. The number of benzene rings is 2. The van der Waals surface area contributed by atoms with E-state index >= 15 is 0 Å². The maximum absolute atomic E-state index is 13.8. The maximum atomic E-state index is 13.8. The Hall–Kier alpha value is -2.95. The van der Waals surface area contributed by atoms with Crippen molar-refractivity contribution in [2.45, 2.75) is 77.6 Å². The van der Waals surface area contributed by atoms with E-state index in [2.05, 4.69) is 72.3 Å². The molecule has 178 valence electrons. The summed E-state index contributed by atoms with van der Waals surface area (Å²) in [6.45, 7) is 7.97. The standard InChI is InChI=1S/C29H36N4O/c1-4-20-17-24(23-7-6-8-23)26(28-30-27(5-2)31-32-28)18-25(20)29(34)33-15-13-22(14-16-33)21-11-9-19(3)10-12-21/h9-12,17-18,22-23H,4-8,13-16H2,1-3H3,(H,30,31,32). The molecule has 2 fully saturated rings. The van der Waals surface area contributed by atoms with E-state index in [4.69, 9.17) is 4.98 Å². The van der Waals surface area contributed by atoms with Crippen LogP contribution in [0.3, 0.4) is 0 Å². The summed E-state index contributed by atoms with van der Waals surface area (Å²) in [4.78, 5) is 20.5. The molecule has 5 rings (SSSR count). The zero-order valence-corrected chi connectivity index (χ0v) is 20.7. The third kappa shape index (κ3) is 4.40. The van der Waals surface area contributed by atoms with Gasteiger partial charge in [-0.1, -0.05) is 56.2 Å². The number of nitrogens with zero attached hydrogens (tertiary/aromatic N) is 3. The fourth-order valence-electron chi connectivity index (χ4n) is 5.40. The van der Waals surface area contributed by atoms with Crippen molar-refractivity contribution in [1.82, 2.24) is 20.1 Å². The van der Waals surface area contributed by atoms with Crippen molar-refractivity contribution in [3.63, 3.8) is 0 Å². The molecule has 2 aliphatic rings. The van der Waals surface area contributed by atoms with E-state index in [1.54, 1.807) is 0 Å². The first-order chi connectivity index (χ1) is 16.6. The van der Waals surface area contributed by atoms with Gasteiger partial charge in [0.15, 0.2) is 5.82 Å². The second-order valence-electron chi connectivity index (χ2n) is 10.0. The topological polar surface area (TPSA) is 61.9 Å². The van der Waals surface area contributed by atoms with Crippen LogP contribution in [0, 0.1) is 6.92 Å². The monoisotopic (exact) mass is 456 g/mol. The van der Waals surface area contributed by atoms with Crippen LogP contribution in [-0.4, -0.2) is 39.1 Å². The van der Waals surface area contributed by atoms with Crippen molar-refractivity contribution in [3.8, 4) is 11.4 Å². The van der Waals surface area contributed by atoms with Crippen LogP contribution in [0.1, 0.15) is 96.2 Å². The summed E-state index contributed by atoms with van der Waals surface area (Å²) in [6, 6.07) is 13.3. The van der Waals surface area contributed by atoms with Gasteiger partial charge in [0, 0.05) is 30.6 Å². The van der Waals surface area contributed by atoms with Gasteiger partial charge in [-0.2, -0.15) is 5.10 Å². The minimum Gasteiger partial charge on any atom is -0.339 e. The molecule has 2 aromatic carbocycles. The molecule has 1 saturated carbocycles. The van der Waals surface area contributed by atoms with Gasteiger partial charge in [0.2, 0.25) is 0 Å². The number of likely N-dealkylation sites (tertiary alicyclic amines) is 1. The number of rotatable bonds is 6. The van der Waals surface area contributed by atoms with Gasteiger partial charge in [0.25, 0.3) is 5.91 Å². The first-order valence-electron chi connectivity index (χ1n) is 13.0. The van der Waals surface area contributed by atoms with Crippen LogP contribution >= 0.6 is 0 Å². The molecule has 3 aromatic rings. The largest absolute Gasteiger partial charge is 0.339 e. The fourth-order valence-corrected chi connectivity index (χ4v) is 5.40. The van der Waals surface area contributed by atoms with Gasteiger partial charge in [-0.15, -0.1) is 0 Å². The van der Waals surface area contributed by atoms with Crippen LogP contribution in [0.2, 0.25) is 0 Å². The minimum absolute atomic E-state index is 0.159. The van der Waals surface area contributed by atoms with Gasteiger partial charge in [-0.25, -0.2) is 4.98 Å². The lowest BCUT2D eigenvalue weighted by molar-refractivity contribution is 0.0712. The molecule has 1 aliphatic carbocycles. The van der Waals surface area contributed by atoms with Gasteiger partial charge in [-0.05, 0) is 73.6 Å². The Bertz CT molecular complexity index is 1150. The third-order valence-electron chi connectivity index (χ3n) is 7.87. The van der Waals surface area contributed by atoms with Gasteiger partial charge >= 0.3 is 0 Å².